The Morgan fingerprint density at radius 1 is 0.921 bits per heavy atom. The van der Waals surface area contributed by atoms with Crippen LogP contribution in [0, 0.1) is 52.3 Å². The Bertz CT molecular complexity index is 1000. The summed E-state index contributed by atoms with van der Waals surface area (Å²) in [4.78, 5) is 25.6. The first kappa shape index (κ1) is 27.9. The van der Waals surface area contributed by atoms with Crippen LogP contribution in [0.2, 0.25) is 0 Å². The van der Waals surface area contributed by atoms with Crippen LogP contribution in [0.3, 0.4) is 0 Å². The van der Waals surface area contributed by atoms with Gasteiger partial charge in [0.2, 0.25) is 0 Å². The first-order valence-corrected chi connectivity index (χ1v) is 15.5. The third kappa shape index (κ3) is 4.88. The monoisotopic (exact) mass is 522 g/mol. The van der Waals surface area contributed by atoms with Gasteiger partial charge in [-0.15, -0.1) is 0 Å². The van der Waals surface area contributed by atoms with Crippen molar-refractivity contribution in [2.75, 3.05) is 0 Å². The quantitative estimate of drug-likeness (QED) is 0.377. The number of esters is 1. The molecule has 0 bridgehead atoms. The molecule has 1 aromatic rings. The molecule has 0 radical (unpaired) electrons. The molecule has 4 nitrogen and oxygen atoms in total. The fourth-order valence-corrected chi connectivity index (χ4v) is 9.99. The number of ether oxygens (including phenoxy) is 1. The van der Waals surface area contributed by atoms with Crippen molar-refractivity contribution in [1.29, 1.82) is 0 Å². The third-order valence-electron chi connectivity index (χ3n) is 12.1. The molecule has 4 fully saturated rings. The van der Waals surface area contributed by atoms with E-state index in [-0.39, 0.29) is 35.4 Å². The van der Waals surface area contributed by atoms with E-state index >= 15 is 0 Å². The van der Waals surface area contributed by atoms with Crippen LogP contribution in [0.15, 0.2) is 30.3 Å². The maximum absolute atomic E-state index is 13.2. The fourth-order valence-electron chi connectivity index (χ4n) is 9.99. The highest BCUT2D eigenvalue weighted by atomic mass is 16.5. The molecule has 0 aromatic heterocycles. The Kier molecular flexibility index (Phi) is 7.86. The first-order chi connectivity index (χ1) is 18.0. The van der Waals surface area contributed by atoms with Crippen molar-refractivity contribution in [2.24, 2.45) is 52.3 Å². The second-order valence-corrected chi connectivity index (χ2v) is 14.3. The minimum Gasteiger partial charge on any atom is -0.458 e. The summed E-state index contributed by atoms with van der Waals surface area (Å²) in [5, 5.41) is 10.7. The van der Waals surface area contributed by atoms with Crippen molar-refractivity contribution in [3.8, 4) is 0 Å². The van der Waals surface area contributed by atoms with Crippen molar-refractivity contribution in [1.82, 2.24) is 0 Å². The lowest BCUT2D eigenvalue weighted by Gasteiger charge is -2.62. The number of ketones is 1. The van der Waals surface area contributed by atoms with Crippen LogP contribution in [-0.4, -0.2) is 29.1 Å². The van der Waals surface area contributed by atoms with E-state index in [0.717, 1.165) is 32.1 Å². The summed E-state index contributed by atoms with van der Waals surface area (Å²) in [6.07, 6.45) is 9.90. The summed E-state index contributed by atoms with van der Waals surface area (Å²) in [7, 11) is 0. The summed E-state index contributed by atoms with van der Waals surface area (Å²) in [6.45, 7) is 11.4. The second-order valence-electron chi connectivity index (χ2n) is 14.3. The van der Waals surface area contributed by atoms with E-state index in [2.05, 4.69) is 20.8 Å². The summed E-state index contributed by atoms with van der Waals surface area (Å²) in [5.41, 5.74) is 1.03. The molecule has 4 saturated carbocycles. The number of hydrogen-bond acceptors (Lipinski definition) is 4. The van der Waals surface area contributed by atoms with E-state index in [1.54, 1.807) is 0 Å². The number of aliphatic hydroxyl groups is 1. The smallest absolute Gasteiger partial charge is 0.338 e. The molecule has 38 heavy (non-hydrogen) atoms. The van der Waals surface area contributed by atoms with Gasteiger partial charge in [-0.05, 0) is 110 Å². The zero-order valence-electron chi connectivity index (χ0n) is 24.3. The Morgan fingerprint density at radius 3 is 2.32 bits per heavy atom. The third-order valence-corrected chi connectivity index (χ3v) is 12.1. The minimum absolute atomic E-state index is 0.110. The topological polar surface area (TPSA) is 63.6 Å². The summed E-state index contributed by atoms with van der Waals surface area (Å²) in [5.74, 6) is 3.61. The van der Waals surface area contributed by atoms with Gasteiger partial charge in [0.05, 0.1) is 11.7 Å². The van der Waals surface area contributed by atoms with Crippen LogP contribution in [0.5, 0.6) is 0 Å². The van der Waals surface area contributed by atoms with E-state index < -0.39 is 0 Å². The standard InChI is InChI=1S/C34H50O4/c1-21(2)30(36)14-11-22(3)26-12-13-27-25-20-31(38-32(37)23-9-7-6-8-10-23)29-19-24(35)15-17-34(29,5)28(25)16-18-33(26,27)4/h6-10,21-22,24-29,31,35H,11-20H2,1-5H3/t22-,24-,25+,26-,27+,28+,29+,31+,33-,34-/m1/s1. The molecule has 0 unspecified atom stereocenters. The number of aliphatic hydroxyl groups excluding tert-OH is 1. The lowest BCUT2D eigenvalue weighted by Crippen LogP contribution is -2.59. The van der Waals surface area contributed by atoms with Crippen LogP contribution < -0.4 is 0 Å². The number of rotatable bonds is 7. The molecule has 4 aliphatic carbocycles. The number of fused-ring (bicyclic) bond motifs is 5. The summed E-state index contributed by atoms with van der Waals surface area (Å²) in [6, 6.07) is 9.39. The maximum Gasteiger partial charge on any atom is 0.338 e. The van der Waals surface area contributed by atoms with Gasteiger partial charge in [0.1, 0.15) is 11.9 Å². The van der Waals surface area contributed by atoms with Crippen molar-refractivity contribution in [2.45, 2.75) is 111 Å². The SMILES string of the molecule is CC(C)C(=O)CC[C@@H](C)[C@H]1CC[C@H]2[C@@H]3C[C@H](OC(=O)c4ccccc4)[C@@H]4C[C@H](O)CC[C@]4(C)[C@H]3CC[C@]12C. The molecule has 5 rings (SSSR count). The number of hydrogen-bond donors (Lipinski definition) is 1. The van der Waals surface area contributed by atoms with Crippen molar-refractivity contribution < 1.29 is 19.4 Å². The van der Waals surface area contributed by atoms with Gasteiger partial charge in [0, 0.05) is 18.3 Å². The normalized spacial score (nSPS) is 41.1. The molecule has 1 N–H and O–H groups in total. The highest BCUT2D eigenvalue weighted by molar-refractivity contribution is 5.89. The molecule has 4 heteroatoms. The van der Waals surface area contributed by atoms with Gasteiger partial charge in [-0.2, -0.15) is 0 Å². The molecule has 0 spiro atoms. The van der Waals surface area contributed by atoms with Crippen molar-refractivity contribution in [3.05, 3.63) is 35.9 Å². The van der Waals surface area contributed by atoms with E-state index in [1.165, 1.54) is 25.7 Å². The highest BCUT2D eigenvalue weighted by Gasteiger charge is 2.63. The largest absolute Gasteiger partial charge is 0.458 e. The van der Waals surface area contributed by atoms with Gasteiger partial charge in [-0.25, -0.2) is 4.79 Å². The Hall–Kier alpha value is -1.68. The molecular weight excluding hydrogens is 472 g/mol. The molecular formula is C34H50O4. The summed E-state index contributed by atoms with van der Waals surface area (Å²) >= 11 is 0. The fraction of sp³-hybridized carbons (Fsp3) is 0.765. The van der Waals surface area contributed by atoms with Gasteiger partial charge in [-0.1, -0.05) is 52.8 Å². The molecule has 210 valence electrons. The highest BCUT2D eigenvalue weighted by Crippen LogP contribution is 2.68. The number of carbonyl (C=O) groups is 2. The van der Waals surface area contributed by atoms with Crippen molar-refractivity contribution >= 4 is 11.8 Å². The number of benzene rings is 1. The Morgan fingerprint density at radius 2 is 1.61 bits per heavy atom. The lowest BCUT2D eigenvalue weighted by molar-refractivity contribution is -0.173. The molecule has 0 amide bonds. The zero-order valence-corrected chi connectivity index (χ0v) is 24.3. The first-order valence-electron chi connectivity index (χ1n) is 15.5. The van der Waals surface area contributed by atoms with Crippen LogP contribution in [0.25, 0.3) is 0 Å². The van der Waals surface area contributed by atoms with E-state index in [4.69, 9.17) is 4.74 Å². The van der Waals surface area contributed by atoms with Gasteiger partial charge in [0.25, 0.3) is 0 Å². The van der Waals surface area contributed by atoms with Crippen LogP contribution in [-0.2, 0) is 9.53 Å². The molecule has 0 saturated heterocycles. The molecule has 1 aromatic carbocycles. The molecule has 4 aliphatic rings. The predicted molar refractivity (Wildman–Crippen MR) is 150 cm³/mol. The lowest BCUT2D eigenvalue weighted by atomic mass is 9.43. The number of Topliss-reactive ketones (excluding diaryl/α,β-unsaturated/α-hetero) is 1. The molecule has 10 atom stereocenters. The number of carbonyl (C=O) groups excluding carboxylic acids is 2. The van der Waals surface area contributed by atoms with Gasteiger partial charge < -0.3 is 9.84 Å². The average Bonchev–Trinajstić information content (AvgIpc) is 3.25. The minimum atomic E-state index is -0.290. The van der Waals surface area contributed by atoms with Crippen LogP contribution in [0.1, 0.15) is 109 Å². The second kappa shape index (κ2) is 10.7. The van der Waals surface area contributed by atoms with Gasteiger partial charge >= 0.3 is 5.97 Å². The Labute approximate surface area is 230 Å². The van der Waals surface area contributed by atoms with Crippen molar-refractivity contribution in [3.63, 3.8) is 0 Å². The van der Waals surface area contributed by atoms with Crippen LogP contribution in [0.4, 0.5) is 0 Å². The maximum atomic E-state index is 13.2. The molecule has 0 heterocycles. The van der Waals surface area contributed by atoms with Crippen LogP contribution >= 0.6 is 0 Å². The van der Waals surface area contributed by atoms with Gasteiger partial charge in [-0.3, -0.25) is 4.79 Å². The molecule has 0 aliphatic heterocycles. The average molecular weight is 523 g/mol. The Balaban J connectivity index is 1.38. The van der Waals surface area contributed by atoms with E-state index in [1.807, 2.05) is 44.2 Å². The van der Waals surface area contributed by atoms with E-state index in [9.17, 15) is 14.7 Å². The summed E-state index contributed by atoms with van der Waals surface area (Å²) < 4.78 is 6.36. The van der Waals surface area contributed by atoms with E-state index in [0.29, 0.717) is 52.8 Å². The zero-order chi connectivity index (χ0) is 27.2. The predicted octanol–water partition coefficient (Wildman–Crippen LogP) is 7.48. The van der Waals surface area contributed by atoms with Gasteiger partial charge in [0.15, 0.2) is 0 Å².